The number of ketones is 1. The van der Waals surface area contributed by atoms with Crippen LogP contribution < -0.4 is 25.0 Å². The van der Waals surface area contributed by atoms with Gasteiger partial charge in [0, 0.05) is 50.8 Å². The van der Waals surface area contributed by atoms with Crippen LogP contribution in [0.4, 0.5) is 5.82 Å². The van der Waals surface area contributed by atoms with Crippen molar-refractivity contribution in [3.05, 3.63) is 99.9 Å². The Kier molecular flexibility index (Phi) is 17.0. The predicted molar refractivity (Wildman–Crippen MR) is 211 cm³/mol. The molecule has 4 heterocycles. The monoisotopic (exact) mass is 783 g/mol. The van der Waals surface area contributed by atoms with Crippen LogP contribution in [0.2, 0.25) is 15.7 Å². The van der Waals surface area contributed by atoms with Gasteiger partial charge in [-0.05, 0) is 104 Å². The molecule has 2 unspecified atom stereocenters. The Labute approximate surface area is 327 Å². The van der Waals surface area contributed by atoms with Gasteiger partial charge in [0.1, 0.15) is 40.5 Å². The molecule has 1 amide bonds. The van der Waals surface area contributed by atoms with Gasteiger partial charge in [0.25, 0.3) is 0 Å². The van der Waals surface area contributed by atoms with Gasteiger partial charge in [-0.15, -0.1) is 0 Å². The largest absolute Gasteiger partial charge is 0.489 e. The maximum atomic E-state index is 11.9. The molecule has 11 nitrogen and oxygen atoms in total. The zero-order chi connectivity index (χ0) is 38.2. The van der Waals surface area contributed by atoms with Crippen molar-refractivity contribution in [2.45, 2.75) is 77.4 Å². The summed E-state index contributed by atoms with van der Waals surface area (Å²) in [6.45, 7) is 12.1. The lowest BCUT2D eigenvalue weighted by Crippen LogP contribution is -2.27. The van der Waals surface area contributed by atoms with E-state index in [4.69, 9.17) is 44.3 Å². The number of carbonyl (C=O) groups is 2. The van der Waals surface area contributed by atoms with Gasteiger partial charge < -0.3 is 25.0 Å². The Bertz CT molecular complexity index is 1710. The first-order valence-electron chi connectivity index (χ1n) is 18.0. The summed E-state index contributed by atoms with van der Waals surface area (Å²) in [5.41, 5.74) is 2.06. The lowest BCUT2D eigenvalue weighted by molar-refractivity contribution is -0.122. The van der Waals surface area contributed by atoms with Crippen molar-refractivity contribution in [1.29, 1.82) is 0 Å². The van der Waals surface area contributed by atoms with Gasteiger partial charge in [-0.25, -0.2) is 19.9 Å². The highest BCUT2D eigenvalue weighted by molar-refractivity contribution is 6.31. The average molecular weight is 785 g/mol. The number of ether oxygens (including phenoxy) is 2. The lowest BCUT2D eigenvalue weighted by atomic mass is 9.94. The second-order valence-electron chi connectivity index (χ2n) is 12.7. The molecule has 2 aliphatic rings. The molecule has 53 heavy (non-hydrogen) atoms. The number of hydrogen-bond acceptors (Lipinski definition) is 10. The van der Waals surface area contributed by atoms with Gasteiger partial charge in [-0.2, -0.15) is 0 Å². The molecule has 2 N–H and O–H groups in total. The molecule has 14 heteroatoms. The maximum absolute atomic E-state index is 11.9. The number of likely N-dealkylation sites (N-methyl/N-ethyl adjacent to an activating group) is 1. The Balaban J connectivity index is 0.000000202. The molecule has 4 atom stereocenters. The fourth-order valence-corrected chi connectivity index (χ4v) is 6.23. The molecule has 2 aromatic carbocycles. The van der Waals surface area contributed by atoms with Crippen LogP contribution in [-0.4, -0.2) is 76.6 Å². The van der Waals surface area contributed by atoms with Gasteiger partial charge in [0.15, 0.2) is 0 Å². The highest BCUT2D eigenvalue weighted by atomic mass is 35.5. The van der Waals surface area contributed by atoms with Crippen LogP contribution in [0.1, 0.15) is 76.3 Å². The van der Waals surface area contributed by atoms with E-state index in [-0.39, 0.29) is 40.5 Å². The summed E-state index contributed by atoms with van der Waals surface area (Å²) in [7, 11) is 0. The highest BCUT2D eigenvalue weighted by Gasteiger charge is 2.25. The van der Waals surface area contributed by atoms with Crippen molar-refractivity contribution in [2.75, 3.05) is 37.6 Å². The third-order valence-electron chi connectivity index (χ3n) is 8.78. The minimum Gasteiger partial charge on any atom is -0.489 e. The molecule has 4 aromatic rings. The molecule has 2 fully saturated rings. The van der Waals surface area contributed by atoms with E-state index in [0.717, 1.165) is 73.9 Å². The van der Waals surface area contributed by atoms with Crippen molar-refractivity contribution >= 4 is 52.3 Å². The van der Waals surface area contributed by atoms with E-state index in [9.17, 15) is 9.59 Å². The summed E-state index contributed by atoms with van der Waals surface area (Å²) in [5.74, 6) is 2.70. The average Bonchev–Trinajstić information content (AvgIpc) is 3.85. The van der Waals surface area contributed by atoms with Gasteiger partial charge >= 0.3 is 0 Å². The molecule has 2 aliphatic heterocycles. The number of rotatable bonds is 12. The van der Waals surface area contributed by atoms with Crippen LogP contribution in [0.5, 0.6) is 11.5 Å². The molecular formula is C39H48Cl3N7O4. The first-order valence-corrected chi connectivity index (χ1v) is 19.1. The molecule has 0 aliphatic carbocycles. The van der Waals surface area contributed by atoms with Gasteiger partial charge in [-0.3, -0.25) is 9.59 Å². The normalized spacial score (nSPS) is 17.4. The number of aromatic nitrogens is 4. The van der Waals surface area contributed by atoms with E-state index in [1.54, 1.807) is 12.3 Å². The zero-order valence-electron chi connectivity index (χ0n) is 30.6. The summed E-state index contributed by atoms with van der Waals surface area (Å²) >= 11 is 16.6. The Morgan fingerprint density at radius 3 is 1.96 bits per heavy atom. The van der Waals surface area contributed by atoms with Gasteiger partial charge in [-0.1, -0.05) is 49.7 Å². The van der Waals surface area contributed by atoms with E-state index in [1.807, 2.05) is 82.3 Å². The topological polar surface area (TPSA) is 131 Å². The summed E-state index contributed by atoms with van der Waals surface area (Å²) < 4.78 is 12.0. The van der Waals surface area contributed by atoms with Crippen molar-refractivity contribution in [3.63, 3.8) is 0 Å². The van der Waals surface area contributed by atoms with Crippen LogP contribution in [0.15, 0.2) is 73.1 Å². The fraction of sp³-hybridized carbons (Fsp3) is 0.436. The van der Waals surface area contributed by atoms with Crippen LogP contribution in [-0.2, 0) is 9.59 Å². The van der Waals surface area contributed by atoms with Crippen molar-refractivity contribution in [1.82, 2.24) is 30.6 Å². The van der Waals surface area contributed by atoms with E-state index < -0.39 is 0 Å². The van der Waals surface area contributed by atoms with Gasteiger partial charge in [0.2, 0.25) is 16.5 Å². The number of amides is 1. The zero-order valence-corrected chi connectivity index (χ0v) is 32.9. The summed E-state index contributed by atoms with van der Waals surface area (Å²) in [6.07, 6.45) is 7.09. The number of anilines is 1. The van der Waals surface area contributed by atoms with E-state index in [2.05, 4.69) is 35.5 Å². The van der Waals surface area contributed by atoms with Crippen molar-refractivity contribution in [2.24, 2.45) is 0 Å². The minimum atomic E-state index is -0.173. The van der Waals surface area contributed by atoms with Crippen LogP contribution in [0.25, 0.3) is 0 Å². The molecule has 284 valence electrons. The summed E-state index contributed by atoms with van der Waals surface area (Å²) in [4.78, 5) is 41.3. The molecule has 0 bridgehead atoms. The summed E-state index contributed by atoms with van der Waals surface area (Å²) in [5, 5.41) is 6.92. The number of carbonyl (C=O) groups excluding carboxylic acids is 2. The molecular weight excluding hydrogens is 737 g/mol. The first-order chi connectivity index (χ1) is 25.6. The molecule has 2 saturated heterocycles. The molecule has 2 aromatic heterocycles. The number of nitrogens with one attached hydrogen (secondary N) is 2. The maximum Gasteiger partial charge on any atom is 0.227 e. The summed E-state index contributed by atoms with van der Waals surface area (Å²) in [6, 6.07) is 19.1. The highest BCUT2D eigenvalue weighted by Crippen LogP contribution is 2.25. The SMILES string of the molecule is CCCC(=O)C(C)c1ccc(O[C@@H]2CCNC2)cc1.CCNC(=O)C(C)c1ccc(O[C@@H]2CCN(c3ccnc(Cl)n3)C2)cc1.Clc1ccnc(Cl)n1. The number of hydrogen-bond donors (Lipinski definition) is 2. The van der Waals surface area contributed by atoms with Gasteiger partial charge in [0.05, 0.1) is 12.5 Å². The van der Waals surface area contributed by atoms with Crippen LogP contribution >= 0.6 is 34.8 Å². The van der Waals surface area contributed by atoms with Crippen molar-refractivity contribution < 1.29 is 19.1 Å². The minimum absolute atomic E-state index is 0.0119. The molecule has 6 rings (SSSR count). The van der Waals surface area contributed by atoms with E-state index in [1.165, 1.54) is 6.20 Å². The number of benzene rings is 2. The first kappa shape index (κ1) is 41.7. The molecule has 0 spiro atoms. The smallest absolute Gasteiger partial charge is 0.227 e. The molecule has 0 saturated carbocycles. The lowest BCUT2D eigenvalue weighted by Gasteiger charge is -2.18. The Morgan fingerprint density at radius 1 is 0.830 bits per heavy atom. The standard InChI is InChI=1S/C19H23ClN4O2.C16H23NO2.C4H2Cl2N2/c1-3-21-18(25)13(2)14-4-6-15(7-5-14)26-16-9-11-24(12-16)17-8-10-22-19(20)23-17;1-3-4-16(18)12(2)13-5-7-14(8-6-13)19-15-9-10-17-11-15;5-3-1-2-7-4(6)8-3/h4-8,10,13,16H,3,9,11-12H2,1-2H3,(H,21,25);5-8,12,15,17H,3-4,9-11H2,1-2H3;1-2H/t13?,16-;12?,15-;/m11./s1. The molecule has 0 radical (unpaired) electrons. The number of halogens is 3. The second kappa shape index (κ2) is 21.6. The third-order valence-corrected chi connectivity index (χ3v) is 9.35. The predicted octanol–water partition coefficient (Wildman–Crippen LogP) is 7.71. The quantitative estimate of drug-likeness (QED) is 0.109. The van der Waals surface area contributed by atoms with Crippen LogP contribution in [0.3, 0.4) is 0 Å². The van der Waals surface area contributed by atoms with E-state index in [0.29, 0.717) is 23.9 Å². The van der Waals surface area contributed by atoms with Crippen LogP contribution in [0, 0.1) is 0 Å². The Hall–Kier alpha value is -4.03. The fourth-order valence-electron chi connectivity index (χ4n) is 5.76. The second-order valence-corrected chi connectivity index (χ2v) is 13.8. The van der Waals surface area contributed by atoms with E-state index >= 15 is 0 Å². The number of Topliss-reactive ketones (excluding diaryl/α,β-unsaturated/α-hetero) is 1. The third kappa shape index (κ3) is 13.7. The van der Waals surface area contributed by atoms with Crippen molar-refractivity contribution in [3.8, 4) is 11.5 Å². The number of nitrogens with zero attached hydrogens (tertiary/aromatic N) is 5. The Morgan fingerprint density at radius 2 is 1.43 bits per heavy atom.